The van der Waals surface area contributed by atoms with E-state index in [1.54, 1.807) is 18.5 Å². The highest BCUT2D eigenvalue weighted by atomic mass is 16.5. The Bertz CT molecular complexity index is 1070. The number of benzene rings is 1. The second-order valence-corrected chi connectivity index (χ2v) is 7.04. The molecular formula is C19H19N5O3. The molecule has 27 heavy (non-hydrogen) atoms. The van der Waals surface area contributed by atoms with Gasteiger partial charge in [0.05, 0.1) is 36.2 Å². The van der Waals surface area contributed by atoms with Gasteiger partial charge in [0, 0.05) is 30.7 Å². The molecule has 2 aliphatic heterocycles. The Morgan fingerprint density at radius 2 is 2.15 bits per heavy atom. The number of para-hydroxylation sites is 1. The monoisotopic (exact) mass is 365 g/mol. The van der Waals surface area contributed by atoms with E-state index in [4.69, 9.17) is 4.74 Å². The highest BCUT2D eigenvalue weighted by molar-refractivity contribution is 5.82. The third-order valence-electron chi connectivity index (χ3n) is 5.47. The molecule has 0 radical (unpaired) electrons. The van der Waals surface area contributed by atoms with Crippen molar-refractivity contribution in [2.75, 3.05) is 13.1 Å². The molecule has 138 valence electrons. The van der Waals surface area contributed by atoms with Crippen LogP contribution in [0, 0.1) is 0 Å². The van der Waals surface area contributed by atoms with Crippen molar-refractivity contribution < 1.29 is 9.53 Å². The minimum Gasteiger partial charge on any atom is -0.370 e. The maximum atomic E-state index is 13.0. The van der Waals surface area contributed by atoms with E-state index in [9.17, 15) is 9.59 Å². The summed E-state index contributed by atoms with van der Waals surface area (Å²) in [7, 11) is 0. The molecule has 1 amide bonds. The molecule has 0 unspecified atom stereocenters. The van der Waals surface area contributed by atoms with Gasteiger partial charge in [-0.05, 0) is 18.6 Å². The standard InChI is InChI=1S/C19H19N5O3/c25-17-5-7-22(15-4-2-1-3-14(15)17)11-19(26)23-8-6-18-16(10-23)24-13(12-27-18)9-20-21-24/h1-5,7,9,16,18H,6,8,10-12H2/t16-,18-/m0/s1. The van der Waals surface area contributed by atoms with E-state index >= 15 is 0 Å². The first kappa shape index (κ1) is 16.2. The van der Waals surface area contributed by atoms with Gasteiger partial charge in [0.1, 0.15) is 6.54 Å². The maximum absolute atomic E-state index is 13.0. The molecule has 0 N–H and O–H groups in total. The van der Waals surface area contributed by atoms with E-state index in [1.807, 2.05) is 32.3 Å². The Hall–Kier alpha value is -3.00. The fraction of sp³-hybridized carbons (Fsp3) is 0.368. The first-order chi connectivity index (χ1) is 13.2. The van der Waals surface area contributed by atoms with Crippen LogP contribution in [0.1, 0.15) is 18.2 Å². The number of amides is 1. The van der Waals surface area contributed by atoms with Crippen LogP contribution in [0.4, 0.5) is 0 Å². The molecule has 8 nitrogen and oxygen atoms in total. The summed E-state index contributed by atoms with van der Waals surface area (Å²) in [5.74, 6) is 0.0227. The molecule has 2 aromatic heterocycles. The number of rotatable bonds is 2. The molecule has 2 atom stereocenters. The van der Waals surface area contributed by atoms with Gasteiger partial charge in [0.2, 0.25) is 5.91 Å². The van der Waals surface area contributed by atoms with E-state index in [1.165, 1.54) is 6.07 Å². The molecule has 0 bridgehead atoms. The molecule has 1 saturated heterocycles. The smallest absolute Gasteiger partial charge is 0.242 e. The quantitative estimate of drug-likeness (QED) is 0.676. The van der Waals surface area contributed by atoms with E-state index in [-0.39, 0.29) is 30.0 Å². The SMILES string of the molecule is O=C(Cn1ccc(=O)c2ccccc21)N1CC[C@@H]2OCc3cnnn3[C@H]2C1. The Balaban J connectivity index is 1.39. The average Bonchev–Trinajstić information content (AvgIpc) is 3.19. The van der Waals surface area contributed by atoms with Gasteiger partial charge in [0.15, 0.2) is 5.43 Å². The van der Waals surface area contributed by atoms with Crippen LogP contribution in [-0.4, -0.2) is 49.6 Å². The van der Waals surface area contributed by atoms with Gasteiger partial charge in [-0.1, -0.05) is 17.3 Å². The Labute approximate surface area is 154 Å². The van der Waals surface area contributed by atoms with Gasteiger partial charge in [-0.3, -0.25) is 9.59 Å². The van der Waals surface area contributed by atoms with E-state index in [2.05, 4.69) is 10.3 Å². The minimum absolute atomic E-state index is 0.000267. The molecule has 1 fully saturated rings. The minimum atomic E-state index is -0.0341. The summed E-state index contributed by atoms with van der Waals surface area (Å²) < 4.78 is 9.63. The molecule has 2 aliphatic rings. The van der Waals surface area contributed by atoms with Crippen molar-refractivity contribution in [2.45, 2.75) is 31.7 Å². The zero-order valence-corrected chi connectivity index (χ0v) is 14.7. The van der Waals surface area contributed by atoms with Crippen LogP contribution in [-0.2, 0) is 22.7 Å². The summed E-state index contributed by atoms with van der Waals surface area (Å²) in [6, 6.07) is 8.88. The van der Waals surface area contributed by atoms with Gasteiger partial charge in [-0.25, -0.2) is 4.68 Å². The lowest BCUT2D eigenvalue weighted by atomic mass is 10.0. The van der Waals surface area contributed by atoms with Crippen LogP contribution < -0.4 is 5.43 Å². The van der Waals surface area contributed by atoms with Crippen LogP contribution in [0.5, 0.6) is 0 Å². The number of ether oxygens (including phenoxy) is 1. The van der Waals surface area contributed by atoms with Crippen LogP contribution in [0.15, 0.2) is 47.5 Å². The number of pyridine rings is 1. The van der Waals surface area contributed by atoms with E-state index in [0.717, 1.165) is 17.6 Å². The lowest BCUT2D eigenvalue weighted by molar-refractivity contribution is -0.138. The topological polar surface area (TPSA) is 82.2 Å². The summed E-state index contributed by atoms with van der Waals surface area (Å²) in [6.45, 7) is 1.93. The zero-order valence-electron chi connectivity index (χ0n) is 14.7. The zero-order chi connectivity index (χ0) is 18.4. The van der Waals surface area contributed by atoms with Gasteiger partial charge < -0.3 is 14.2 Å². The first-order valence-electron chi connectivity index (χ1n) is 9.07. The van der Waals surface area contributed by atoms with Gasteiger partial charge >= 0.3 is 0 Å². The lowest BCUT2D eigenvalue weighted by Crippen LogP contribution is -2.50. The Morgan fingerprint density at radius 3 is 3.07 bits per heavy atom. The number of aromatic nitrogens is 4. The third kappa shape index (κ3) is 2.73. The highest BCUT2D eigenvalue weighted by Gasteiger charge is 2.37. The van der Waals surface area contributed by atoms with Crippen molar-refractivity contribution in [2.24, 2.45) is 0 Å². The normalized spacial score (nSPS) is 21.7. The number of carbonyl (C=O) groups excluding carboxylic acids is 1. The number of piperidine rings is 1. The number of fused-ring (bicyclic) bond motifs is 4. The van der Waals surface area contributed by atoms with Gasteiger partial charge in [0.25, 0.3) is 0 Å². The second-order valence-electron chi connectivity index (χ2n) is 7.04. The summed E-state index contributed by atoms with van der Waals surface area (Å²) in [5, 5.41) is 8.77. The van der Waals surface area contributed by atoms with Crippen molar-refractivity contribution in [3.05, 3.63) is 58.6 Å². The molecule has 5 rings (SSSR count). The van der Waals surface area contributed by atoms with Crippen molar-refractivity contribution >= 4 is 16.8 Å². The molecular weight excluding hydrogens is 346 g/mol. The molecule has 3 aromatic rings. The van der Waals surface area contributed by atoms with E-state index < -0.39 is 0 Å². The van der Waals surface area contributed by atoms with Crippen molar-refractivity contribution in [3.8, 4) is 0 Å². The molecule has 4 heterocycles. The number of nitrogens with zero attached hydrogens (tertiary/aromatic N) is 5. The van der Waals surface area contributed by atoms with Crippen molar-refractivity contribution in [1.29, 1.82) is 0 Å². The lowest BCUT2D eigenvalue weighted by Gasteiger charge is -2.41. The average molecular weight is 365 g/mol. The predicted octanol–water partition coefficient (Wildman–Crippen LogP) is 0.965. The van der Waals surface area contributed by atoms with Crippen LogP contribution in [0.25, 0.3) is 10.9 Å². The predicted molar refractivity (Wildman–Crippen MR) is 97.0 cm³/mol. The number of carbonyl (C=O) groups is 1. The first-order valence-corrected chi connectivity index (χ1v) is 9.07. The second kappa shape index (κ2) is 6.31. The van der Waals surface area contributed by atoms with Crippen molar-refractivity contribution in [1.82, 2.24) is 24.5 Å². The van der Waals surface area contributed by atoms with Crippen LogP contribution in [0.2, 0.25) is 0 Å². The summed E-state index contributed by atoms with van der Waals surface area (Å²) in [6.07, 6.45) is 4.25. The third-order valence-corrected chi connectivity index (χ3v) is 5.47. The maximum Gasteiger partial charge on any atom is 0.242 e. The Kier molecular flexibility index (Phi) is 3.78. The fourth-order valence-corrected chi connectivity index (χ4v) is 4.05. The molecule has 0 spiro atoms. The molecule has 0 saturated carbocycles. The molecule has 8 heteroatoms. The van der Waals surface area contributed by atoms with Gasteiger partial charge in [-0.2, -0.15) is 0 Å². The van der Waals surface area contributed by atoms with Crippen LogP contribution >= 0.6 is 0 Å². The van der Waals surface area contributed by atoms with E-state index in [0.29, 0.717) is 25.1 Å². The summed E-state index contributed by atoms with van der Waals surface area (Å²) in [4.78, 5) is 26.8. The van der Waals surface area contributed by atoms with Crippen molar-refractivity contribution in [3.63, 3.8) is 0 Å². The fourth-order valence-electron chi connectivity index (χ4n) is 4.05. The molecule has 0 aliphatic carbocycles. The number of likely N-dealkylation sites (tertiary alicyclic amines) is 1. The number of hydrogen-bond acceptors (Lipinski definition) is 5. The molecule has 1 aromatic carbocycles. The summed E-state index contributed by atoms with van der Waals surface area (Å²) in [5.41, 5.74) is 1.68. The number of hydrogen-bond donors (Lipinski definition) is 0. The van der Waals surface area contributed by atoms with Crippen LogP contribution in [0.3, 0.4) is 0 Å². The summed E-state index contributed by atoms with van der Waals surface area (Å²) >= 11 is 0. The largest absolute Gasteiger partial charge is 0.370 e. The Morgan fingerprint density at radius 1 is 1.26 bits per heavy atom. The highest BCUT2D eigenvalue weighted by Crippen LogP contribution is 2.30. The van der Waals surface area contributed by atoms with Gasteiger partial charge in [-0.15, -0.1) is 5.10 Å².